The fourth-order valence-corrected chi connectivity index (χ4v) is 4.17. The van der Waals surface area contributed by atoms with Crippen molar-refractivity contribution >= 4 is 23.2 Å². The number of nitrogens with zero attached hydrogens (tertiary/aromatic N) is 2. The number of benzene rings is 2. The van der Waals surface area contributed by atoms with Crippen molar-refractivity contribution in [2.24, 2.45) is 5.10 Å². The minimum Gasteiger partial charge on any atom is -0.483 e. The number of ketones is 1. The number of Topliss-reactive ketones (excluding diaryl/α,β-unsaturated/α-hetero) is 1. The summed E-state index contributed by atoms with van der Waals surface area (Å²) in [6.07, 6.45) is 5.35. The Labute approximate surface area is 218 Å². The van der Waals surface area contributed by atoms with Gasteiger partial charge in [0, 0.05) is 5.57 Å². The average molecular weight is 495 g/mol. The molecule has 188 valence electrons. The van der Waals surface area contributed by atoms with Gasteiger partial charge in [-0.25, -0.2) is 4.79 Å². The van der Waals surface area contributed by atoms with Crippen molar-refractivity contribution in [2.75, 3.05) is 5.01 Å². The Bertz CT molecular complexity index is 1400. The standard InChI is InChI=1S/C31H30N2O4/c1-6-8-12-21(4)26-18-29-30(27(34)19-28(37-29)23-13-10-9-11-14-23)32-33(26)25-16-15-24(17-22(25)5)36-31(35)20(3)7-2/h7,9-18,26,28H,19H2,1-5H3/b20-7-,21-12+. The third-order valence-corrected chi connectivity index (χ3v) is 6.38. The smallest absolute Gasteiger partial charge is 0.338 e. The molecular weight excluding hydrogens is 464 g/mol. The van der Waals surface area contributed by atoms with Crippen LogP contribution in [0.3, 0.4) is 0 Å². The predicted molar refractivity (Wildman–Crippen MR) is 145 cm³/mol. The van der Waals surface area contributed by atoms with Crippen molar-refractivity contribution < 1.29 is 19.1 Å². The van der Waals surface area contributed by atoms with Crippen molar-refractivity contribution in [1.82, 2.24) is 0 Å². The van der Waals surface area contributed by atoms with E-state index < -0.39 is 5.97 Å². The fraction of sp³-hybridized carbons (Fsp3) is 0.258. The zero-order valence-electron chi connectivity index (χ0n) is 21.7. The van der Waals surface area contributed by atoms with Gasteiger partial charge in [0.1, 0.15) is 17.6 Å². The molecular formula is C31H30N2O4. The molecule has 0 bridgehead atoms. The van der Waals surface area contributed by atoms with Gasteiger partial charge in [-0.1, -0.05) is 42.3 Å². The first kappa shape index (κ1) is 25.7. The lowest BCUT2D eigenvalue weighted by molar-refractivity contribution is -0.130. The van der Waals surface area contributed by atoms with E-state index in [1.54, 1.807) is 39.0 Å². The molecule has 1 fully saturated rings. The number of aryl methyl sites for hydroxylation is 1. The number of hydrogen-bond donors (Lipinski definition) is 0. The SMILES string of the molecule is CC#C/C=C(\C)C1C=C2OC(c3ccccc3)CC(=O)C2=NN1c1ccc(OC(=O)/C(C)=C\C)cc1C. The summed E-state index contributed by atoms with van der Waals surface area (Å²) in [6.45, 7) is 9.18. The molecule has 0 saturated carbocycles. The molecule has 2 aliphatic heterocycles. The monoisotopic (exact) mass is 494 g/mol. The van der Waals surface area contributed by atoms with Gasteiger partial charge in [0.05, 0.1) is 18.2 Å². The van der Waals surface area contributed by atoms with Crippen LogP contribution >= 0.6 is 0 Å². The highest BCUT2D eigenvalue weighted by atomic mass is 16.5. The number of carbonyl (C=O) groups is 2. The van der Waals surface area contributed by atoms with Gasteiger partial charge in [-0.15, -0.1) is 5.92 Å². The normalized spacial score (nSPS) is 19.6. The lowest BCUT2D eigenvalue weighted by atomic mass is 9.95. The fourth-order valence-electron chi connectivity index (χ4n) is 4.17. The molecule has 1 saturated heterocycles. The van der Waals surface area contributed by atoms with Crippen LogP contribution in [0.2, 0.25) is 0 Å². The van der Waals surface area contributed by atoms with Gasteiger partial charge in [-0.2, -0.15) is 5.10 Å². The van der Waals surface area contributed by atoms with Crippen LogP contribution in [0.1, 0.15) is 51.3 Å². The Morgan fingerprint density at radius 1 is 1.19 bits per heavy atom. The van der Waals surface area contributed by atoms with Gasteiger partial charge < -0.3 is 9.47 Å². The van der Waals surface area contributed by atoms with E-state index in [1.807, 2.05) is 67.4 Å². The first-order chi connectivity index (χ1) is 17.8. The highest BCUT2D eigenvalue weighted by Gasteiger charge is 2.37. The van der Waals surface area contributed by atoms with E-state index in [9.17, 15) is 9.59 Å². The molecule has 2 aliphatic rings. The number of hydrogen-bond acceptors (Lipinski definition) is 6. The molecule has 0 aliphatic carbocycles. The Morgan fingerprint density at radius 2 is 1.95 bits per heavy atom. The minimum absolute atomic E-state index is 0.0742. The van der Waals surface area contributed by atoms with Gasteiger partial charge in [0.15, 0.2) is 11.5 Å². The topological polar surface area (TPSA) is 68.2 Å². The highest BCUT2D eigenvalue weighted by Crippen LogP contribution is 2.37. The largest absolute Gasteiger partial charge is 0.483 e. The molecule has 2 aromatic rings. The summed E-state index contributed by atoms with van der Waals surface area (Å²) in [7, 11) is 0. The molecule has 6 heteroatoms. The molecule has 2 atom stereocenters. The summed E-state index contributed by atoms with van der Waals surface area (Å²) >= 11 is 0. The van der Waals surface area contributed by atoms with Gasteiger partial charge in [-0.3, -0.25) is 9.80 Å². The van der Waals surface area contributed by atoms with E-state index in [-0.39, 0.29) is 24.3 Å². The summed E-state index contributed by atoms with van der Waals surface area (Å²) in [5.74, 6) is 6.35. The molecule has 0 N–H and O–H groups in total. The Morgan fingerprint density at radius 3 is 2.62 bits per heavy atom. The van der Waals surface area contributed by atoms with Crippen molar-refractivity contribution in [1.29, 1.82) is 0 Å². The van der Waals surface area contributed by atoms with E-state index in [2.05, 4.69) is 11.8 Å². The molecule has 2 heterocycles. The van der Waals surface area contributed by atoms with Crippen molar-refractivity contribution in [3.63, 3.8) is 0 Å². The number of anilines is 1. The number of rotatable bonds is 5. The number of ether oxygens (including phenoxy) is 2. The number of allylic oxidation sites excluding steroid dienone is 3. The second kappa shape index (κ2) is 11.1. The minimum atomic E-state index is -0.395. The van der Waals surface area contributed by atoms with Crippen LogP contribution < -0.4 is 9.75 Å². The van der Waals surface area contributed by atoms with Crippen LogP contribution in [0, 0.1) is 18.8 Å². The summed E-state index contributed by atoms with van der Waals surface area (Å²) in [4.78, 5) is 25.4. The summed E-state index contributed by atoms with van der Waals surface area (Å²) in [5.41, 5.74) is 4.36. The molecule has 0 spiro atoms. The maximum absolute atomic E-state index is 13.2. The van der Waals surface area contributed by atoms with E-state index in [4.69, 9.17) is 14.6 Å². The van der Waals surface area contributed by atoms with E-state index >= 15 is 0 Å². The molecule has 2 aromatic carbocycles. The Hall–Kier alpha value is -4.37. The molecule has 0 radical (unpaired) electrons. The number of carbonyl (C=O) groups excluding carboxylic acids is 2. The van der Waals surface area contributed by atoms with Crippen molar-refractivity contribution in [3.8, 4) is 17.6 Å². The van der Waals surface area contributed by atoms with E-state index in [0.717, 1.165) is 22.4 Å². The Kier molecular flexibility index (Phi) is 7.74. The third kappa shape index (κ3) is 5.57. The van der Waals surface area contributed by atoms with Crippen LogP contribution in [0.4, 0.5) is 5.69 Å². The molecule has 2 unspecified atom stereocenters. The second-order valence-electron chi connectivity index (χ2n) is 9.01. The number of fused-ring (bicyclic) bond motifs is 1. The molecule has 0 aromatic heterocycles. The zero-order valence-corrected chi connectivity index (χ0v) is 21.7. The summed E-state index contributed by atoms with van der Waals surface area (Å²) in [5, 5.41) is 6.60. The lowest BCUT2D eigenvalue weighted by Crippen LogP contribution is -2.41. The van der Waals surface area contributed by atoms with Gasteiger partial charge >= 0.3 is 5.97 Å². The van der Waals surface area contributed by atoms with Crippen LogP contribution in [-0.2, 0) is 14.3 Å². The Balaban J connectivity index is 1.71. The van der Waals surface area contributed by atoms with Gasteiger partial charge in [-0.05, 0) is 81.7 Å². The molecule has 0 amide bonds. The van der Waals surface area contributed by atoms with Crippen molar-refractivity contribution in [2.45, 2.75) is 53.2 Å². The van der Waals surface area contributed by atoms with Crippen LogP contribution in [-0.4, -0.2) is 23.5 Å². The molecule has 4 rings (SSSR count). The quantitative estimate of drug-likeness (QED) is 0.221. The van der Waals surface area contributed by atoms with Gasteiger partial charge in [0.2, 0.25) is 0 Å². The van der Waals surface area contributed by atoms with E-state index in [1.165, 1.54) is 0 Å². The first-order valence-corrected chi connectivity index (χ1v) is 12.2. The lowest BCUT2D eigenvalue weighted by Gasteiger charge is -2.36. The van der Waals surface area contributed by atoms with Crippen LogP contribution in [0.5, 0.6) is 5.75 Å². The average Bonchev–Trinajstić information content (AvgIpc) is 2.91. The van der Waals surface area contributed by atoms with Gasteiger partial charge in [0.25, 0.3) is 0 Å². The highest BCUT2D eigenvalue weighted by molar-refractivity contribution is 6.46. The number of esters is 1. The maximum atomic E-state index is 13.2. The van der Waals surface area contributed by atoms with E-state index in [0.29, 0.717) is 22.8 Å². The zero-order chi connectivity index (χ0) is 26.5. The van der Waals surface area contributed by atoms with Crippen LogP contribution in [0.25, 0.3) is 0 Å². The number of hydrazone groups is 1. The predicted octanol–water partition coefficient (Wildman–Crippen LogP) is 6.00. The molecule has 37 heavy (non-hydrogen) atoms. The second-order valence-corrected chi connectivity index (χ2v) is 9.01. The van der Waals surface area contributed by atoms with Crippen LogP contribution in [0.15, 0.2) is 88.8 Å². The first-order valence-electron chi connectivity index (χ1n) is 12.2. The third-order valence-electron chi connectivity index (χ3n) is 6.38. The molecule has 6 nitrogen and oxygen atoms in total. The van der Waals surface area contributed by atoms with Crippen molar-refractivity contribution in [3.05, 3.63) is 94.8 Å². The maximum Gasteiger partial charge on any atom is 0.338 e. The summed E-state index contributed by atoms with van der Waals surface area (Å²) < 4.78 is 11.8. The summed E-state index contributed by atoms with van der Waals surface area (Å²) in [6, 6.07) is 14.8.